The first-order chi connectivity index (χ1) is 5.70. The Morgan fingerprint density at radius 2 is 2.25 bits per heavy atom. The molecule has 0 unspecified atom stereocenters. The van der Waals surface area contributed by atoms with Gasteiger partial charge in [-0.15, -0.1) is 0 Å². The lowest BCUT2D eigenvalue weighted by atomic mass is 10.2. The Morgan fingerprint density at radius 3 is 2.75 bits per heavy atom. The van der Waals surface area contributed by atoms with E-state index < -0.39 is 5.24 Å². The number of hydrogen-bond donors (Lipinski definition) is 0. The quantitative estimate of drug-likeness (QED) is 0.544. The zero-order valence-electron chi connectivity index (χ0n) is 6.00. The molecule has 0 bridgehead atoms. The van der Waals surface area contributed by atoms with Crippen molar-refractivity contribution in [2.45, 2.75) is 0 Å². The van der Waals surface area contributed by atoms with Gasteiger partial charge in [0, 0.05) is 24.0 Å². The highest BCUT2D eigenvalue weighted by molar-refractivity contribution is 6.68. The molecule has 1 rings (SSSR count). The molecule has 0 aliphatic heterocycles. The Bertz CT molecular complexity index is 308. The molecule has 4 heteroatoms. The van der Waals surface area contributed by atoms with E-state index in [1.54, 1.807) is 24.5 Å². The van der Waals surface area contributed by atoms with Gasteiger partial charge in [-0.2, -0.15) is 0 Å². The van der Waals surface area contributed by atoms with Gasteiger partial charge in [-0.1, -0.05) is 17.7 Å². The monoisotopic (exact) mass is 201 g/mol. The van der Waals surface area contributed by atoms with E-state index in [0.717, 1.165) is 6.08 Å². The summed E-state index contributed by atoms with van der Waals surface area (Å²) in [6.07, 6.45) is 4.31. The molecule has 0 aromatic carbocycles. The second-order valence-corrected chi connectivity index (χ2v) is 2.82. The number of carbonyl (C=O) groups excluding carboxylic acids is 1. The predicted octanol–water partition coefficient (Wildman–Crippen LogP) is 2.43. The molecule has 0 spiro atoms. The van der Waals surface area contributed by atoms with Crippen LogP contribution >= 0.6 is 23.2 Å². The van der Waals surface area contributed by atoms with Crippen molar-refractivity contribution in [2.24, 2.45) is 0 Å². The number of halogens is 2. The number of nitrogens with zero attached hydrogens (tertiary/aromatic N) is 1. The first kappa shape index (κ1) is 9.23. The highest BCUT2D eigenvalue weighted by Gasteiger charge is 1.98. The van der Waals surface area contributed by atoms with Crippen LogP contribution in [-0.2, 0) is 4.79 Å². The Morgan fingerprint density at radius 1 is 1.50 bits per heavy atom. The van der Waals surface area contributed by atoms with Gasteiger partial charge in [0.05, 0.1) is 5.03 Å². The molecule has 1 aromatic heterocycles. The summed E-state index contributed by atoms with van der Waals surface area (Å²) in [4.78, 5) is 14.2. The van der Waals surface area contributed by atoms with E-state index in [9.17, 15) is 4.79 Å². The first-order valence-electron chi connectivity index (χ1n) is 3.17. The number of pyridine rings is 1. The SMILES string of the molecule is O=C(Cl)C=C(Cl)c1cccnc1. The third-order valence-corrected chi connectivity index (χ3v) is 1.61. The molecule has 0 atom stereocenters. The summed E-state index contributed by atoms with van der Waals surface area (Å²) < 4.78 is 0. The summed E-state index contributed by atoms with van der Waals surface area (Å²) in [6, 6.07) is 3.47. The van der Waals surface area contributed by atoms with Crippen molar-refractivity contribution in [3.63, 3.8) is 0 Å². The topological polar surface area (TPSA) is 30.0 Å². The largest absolute Gasteiger partial charge is 0.276 e. The molecule has 12 heavy (non-hydrogen) atoms. The molecular formula is C8H5Cl2NO. The van der Waals surface area contributed by atoms with Gasteiger partial charge in [-0.3, -0.25) is 9.78 Å². The lowest BCUT2D eigenvalue weighted by Crippen LogP contribution is -1.82. The van der Waals surface area contributed by atoms with Crippen molar-refractivity contribution >= 4 is 33.5 Å². The number of aromatic nitrogens is 1. The average Bonchev–Trinajstić information content (AvgIpc) is 2.05. The minimum Gasteiger partial charge on any atom is -0.276 e. The zero-order valence-corrected chi connectivity index (χ0v) is 7.51. The number of allylic oxidation sites excluding steroid dienone is 1. The van der Waals surface area contributed by atoms with Crippen LogP contribution in [0.1, 0.15) is 5.56 Å². The summed E-state index contributed by atoms with van der Waals surface area (Å²) in [5.41, 5.74) is 0.674. The van der Waals surface area contributed by atoms with Crippen LogP contribution in [0, 0.1) is 0 Å². The van der Waals surface area contributed by atoms with E-state index in [1.165, 1.54) is 0 Å². The molecule has 0 N–H and O–H groups in total. The van der Waals surface area contributed by atoms with Crippen LogP contribution in [-0.4, -0.2) is 10.2 Å². The molecule has 0 aliphatic rings. The van der Waals surface area contributed by atoms with Gasteiger partial charge in [0.1, 0.15) is 0 Å². The number of rotatable bonds is 2. The standard InChI is InChI=1S/C8H5Cl2NO/c9-7(4-8(10)12)6-2-1-3-11-5-6/h1-5H. The van der Waals surface area contributed by atoms with Crippen LogP contribution in [0.5, 0.6) is 0 Å². The Balaban J connectivity index is 2.93. The van der Waals surface area contributed by atoms with Crippen molar-refractivity contribution in [1.82, 2.24) is 4.98 Å². The third-order valence-electron chi connectivity index (χ3n) is 1.18. The highest BCUT2D eigenvalue weighted by atomic mass is 35.5. The maximum Gasteiger partial charge on any atom is 0.246 e. The molecule has 0 saturated carbocycles. The molecule has 0 aliphatic carbocycles. The first-order valence-corrected chi connectivity index (χ1v) is 3.93. The Hall–Kier alpha value is -0.860. The van der Waals surface area contributed by atoms with Crippen LogP contribution in [0.4, 0.5) is 0 Å². The van der Waals surface area contributed by atoms with E-state index in [4.69, 9.17) is 23.2 Å². The van der Waals surface area contributed by atoms with Crippen molar-refractivity contribution in [3.8, 4) is 0 Å². The van der Waals surface area contributed by atoms with E-state index in [2.05, 4.69) is 4.98 Å². The number of carbonyl (C=O) groups is 1. The van der Waals surface area contributed by atoms with Crippen LogP contribution in [0.25, 0.3) is 5.03 Å². The molecule has 1 aromatic rings. The second-order valence-electron chi connectivity index (χ2n) is 2.04. The van der Waals surface area contributed by atoms with Gasteiger partial charge in [-0.25, -0.2) is 0 Å². The van der Waals surface area contributed by atoms with Crippen LogP contribution in [0.3, 0.4) is 0 Å². The Labute approximate surface area is 79.8 Å². The molecular weight excluding hydrogens is 197 g/mol. The molecule has 62 valence electrons. The second kappa shape index (κ2) is 4.24. The van der Waals surface area contributed by atoms with Gasteiger partial charge in [-0.05, 0) is 17.7 Å². The fourth-order valence-corrected chi connectivity index (χ4v) is 1.06. The van der Waals surface area contributed by atoms with Crippen LogP contribution in [0.2, 0.25) is 0 Å². The van der Waals surface area contributed by atoms with E-state index in [1.807, 2.05) is 0 Å². The number of hydrogen-bond acceptors (Lipinski definition) is 2. The maximum absolute atomic E-state index is 10.4. The molecule has 0 fully saturated rings. The minimum atomic E-state index is -0.594. The molecule has 0 radical (unpaired) electrons. The van der Waals surface area contributed by atoms with Gasteiger partial charge < -0.3 is 0 Å². The average molecular weight is 202 g/mol. The fourth-order valence-electron chi connectivity index (χ4n) is 0.687. The molecule has 2 nitrogen and oxygen atoms in total. The summed E-state index contributed by atoms with van der Waals surface area (Å²) in [6.45, 7) is 0. The molecule has 0 amide bonds. The summed E-state index contributed by atoms with van der Waals surface area (Å²) in [5, 5.41) is -0.299. The van der Waals surface area contributed by atoms with Crippen molar-refractivity contribution < 1.29 is 4.79 Å². The minimum absolute atomic E-state index is 0.295. The zero-order chi connectivity index (χ0) is 8.97. The lowest BCUT2D eigenvalue weighted by molar-refractivity contribution is -0.107. The van der Waals surface area contributed by atoms with Gasteiger partial charge in [0.2, 0.25) is 5.24 Å². The van der Waals surface area contributed by atoms with Gasteiger partial charge in [0.25, 0.3) is 0 Å². The van der Waals surface area contributed by atoms with E-state index in [0.29, 0.717) is 10.6 Å². The molecule has 1 heterocycles. The summed E-state index contributed by atoms with van der Waals surface area (Å²) in [5.74, 6) is 0. The van der Waals surface area contributed by atoms with E-state index >= 15 is 0 Å². The third kappa shape index (κ3) is 2.64. The smallest absolute Gasteiger partial charge is 0.246 e. The fraction of sp³-hybridized carbons (Fsp3) is 0. The van der Waals surface area contributed by atoms with Crippen LogP contribution in [0.15, 0.2) is 30.6 Å². The normalized spacial score (nSPS) is 11.3. The van der Waals surface area contributed by atoms with Crippen LogP contribution < -0.4 is 0 Å². The maximum atomic E-state index is 10.4. The van der Waals surface area contributed by atoms with Crippen molar-refractivity contribution in [1.29, 1.82) is 0 Å². The summed E-state index contributed by atoms with van der Waals surface area (Å²) >= 11 is 10.8. The Kier molecular flexibility index (Phi) is 3.26. The van der Waals surface area contributed by atoms with Gasteiger partial charge >= 0.3 is 0 Å². The molecule has 0 saturated heterocycles. The summed E-state index contributed by atoms with van der Waals surface area (Å²) in [7, 11) is 0. The van der Waals surface area contributed by atoms with Crippen molar-refractivity contribution in [2.75, 3.05) is 0 Å². The lowest BCUT2D eigenvalue weighted by Gasteiger charge is -1.94. The van der Waals surface area contributed by atoms with Crippen molar-refractivity contribution in [3.05, 3.63) is 36.2 Å². The van der Waals surface area contributed by atoms with E-state index in [-0.39, 0.29) is 0 Å². The van der Waals surface area contributed by atoms with Gasteiger partial charge in [0.15, 0.2) is 0 Å². The highest BCUT2D eigenvalue weighted by Crippen LogP contribution is 2.17. The predicted molar refractivity (Wildman–Crippen MR) is 48.9 cm³/mol.